The molecule has 0 aliphatic rings. The Bertz CT molecular complexity index is 449. The first-order chi connectivity index (χ1) is 8.40. The molecule has 1 rings (SSSR count). The van der Waals surface area contributed by atoms with Gasteiger partial charge in [-0.25, -0.2) is 0 Å². The van der Waals surface area contributed by atoms with Crippen LogP contribution in [0.2, 0.25) is 0 Å². The van der Waals surface area contributed by atoms with E-state index in [4.69, 9.17) is 10.00 Å². The SMILES string of the molecule is CCOC(=O)[C@@H](C#N)c1ccc(C(C)(C)C)cc1. The fourth-order valence-electron chi connectivity index (χ4n) is 1.66. The van der Waals surface area contributed by atoms with Gasteiger partial charge in [-0.2, -0.15) is 5.26 Å². The minimum absolute atomic E-state index is 0.0601. The van der Waals surface area contributed by atoms with Crippen LogP contribution < -0.4 is 0 Å². The highest BCUT2D eigenvalue weighted by molar-refractivity contribution is 5.81. The fourth-order valence-corrected chi connectivity index (χ4v) is 1.66. The second-order valence-electron chi connectivity index (χ2n) is 5.19. The molecule has 96 valence electrons. The van der Waals surface area contributed by atoms with Crippen molar-refractivity contribution < 1.29 is 9.53 Å². The Hall–Kier alpha value is -1.82. The molecular weight excluding hydrogens is 226 g/mol. The van der Waals surface area contributed by atoms with E-state index in [2.05, 4.69) is 20.8 Å². The Morgan fingerprint density at radius 1 is 1.33 bits per heavy atom. The molecule has 0 spiro atoms. The zero-order chi connectivity index (χ0) is 13.8. The summed E-state index contributed by atoms with van der Waals surface area (Å²) in [6.45, 7) is 8.38. The topological polar surface area (TPSA) is 50.1 Å². The van der Waals surface area contributed by atoms with Gasteiger partial charge >= 0.3 is 5.97 Å². The van der Waals surface area contributed by atoms with Gasteiger partial charge in [-0.1, -0.05) is 45.0 Å². The largest absolute Gasteiger partial charge is 0.465 e. The summed E-state index contributed by atoms with van der Waals surface area (Å²) in [4.78, 5) is 11.6. The van der Waals surface area contributed by atoms with E-state index in [1.54, 1.807) is 6.92 Å². The summed E-state index contributed by atoms with van der Waals surface area (Å²) < 4.78 is 4.89. The van der Waals surface area contributed by atoms with E-state index in [-0.39, 0.29) is 12.0 Å². The minimum atomic E-state index is -0.834. The standard InChI is InChI=1S/C15H19NO2/c1-5-18-14(17)13(10-16)11-6-8-12(9-7-11)15(2,3)4/h6-9,13H,5H2,1-4H3/t13-/m0/s1. The van der Waals surface area contributed by atoms with E-state index in [0.717, 1.165) is 0 Å². The van der Waals surface area contributed by atoms with Crippen molar-refractivity contribution in [2.75, 3.05) is 6.61 Å². The molecule has 3 nitrogen and oxygen atoms in total. The van der Waals surface area contributed by atoms with Gasteiger partial charge in [0.15, 0.2) is 5.92 Å². The van der Waals surface area contributed by atoms with Crippen LogP contribution in [0.15, 0.2) is 24.3 Å². The molecule has 0 saturated heterocycles. The number of carbonyl (C=O) groups excluding carboxylic acids is 1. The number of esters is 1. The molecule has 0 saturated carbocycles. The van der Waals surface area contributed by atoms with Crippen molar-refractivity contribution in [3.8, 4) is 6.07 Å². The summed E-state index contributed by atoms with van der Waals surface area (Å²) in [6.07, 6.45) is 0. The average Bonchev–Trinajstić information content (AvgIpc) is 2.30. The van der Waals surface area contributed by atoms with Crippen molar-refractivity contribution in [1.29, 1.82) is 5.26 Å². The van der Waals surface area contributed by atoms with E-state index in [9.17, 15) is 4.79 Å². The number of hydrogen-bond acceptors (Lipinski definition) is 3. The maximum absolute atomic E-state index is 11.6. The Labute approximate surface area is 108 Å². The summed E-state index contributed by atoms with van der Waals surface area (Å²) in [5.74, 6) is -1.32. The highest BCUT2D eigenvalue weighted by Gasteiger charge is 2.22. The molecule has 0 N–H and O–H groups in total. The summed E-state index contributed by atoms with van der Waals surface area (Å²) in [6, 6.07) is 9.55. The normalized spacial score (nSPS) is 12.6. The van der Waals surface area contributed by atoms with Crippen LogP contribution in [0.1, 0.15) is 44.7 Å². The van der Waals surface area contributed by atoms with Gasteiger partial charge in [0.25, 0.3) is 0 Å². The quantitative estimate of drug-likeness (QED) is 0.768. The fraction of sp³-hybridized carbons (Fsp3) is 0.467. The highest BCUT2D eigenvalue weighted by atomic mass is 16.5. The Morgan fingerprint density at radius 3 is 2.28 bits per heavy atom. The van der Waals surface area contributed by atoms with Gasteiger partial charge in [0.1, 0.15) is 0 Å². The molecule has 0 aromatic heterocycles. The predicted molar refractivity (Wildman–Crippen MR) is 70.1 cm³/mol. The lowest BCUT2D eigenvalue weighted by atomic mass is 9.86. The van der Waals surface area contributed by atoms with Crippen LogP contribution in [-0.2, 0) is 14.9 Å². The lowest BCUT2D eigenvalue weighted by Gasteiger charge is -2.19. The van der Waals surface area contributed by atoms with E-state index < -0.39 is 11.9 Å². The summed E-state index contributed by atoms with van der Waals surface area (Å²) in [5, 5.41) is 9.05. The monoisotopic (exact) mass is 245 g/mol. The first-order valence-corrected chi connectivity index (χ1v) is 6.07. The van der Waals surface area contributed by atoms with Crippen LogP contribution in [0.5, 0.6) is 0 Å². The van der Waals surface area contributed by atoms with Crippen molar-refractivity contribution in [2.24, 2.45) is 0 Å². The maximum atomic E-state index is 11.6. The number of hydrogen-bond donors (Lipinski definition) is 0. The van der Waals surface area contributed by atoms with E-state index >= 15 is 0 Å². The molecule has 0 bridgehead atoms. The Morgan fingerprint density at radius 2 is 1.89 bits per heavy atom. The number of rotatable bonds is 3. The third kappa shape index (κ3) is 3.33. The van der Waals surface area contributed by atoms with E-state index in [1.807, 2.05) is 30.3 Å². The van der Waals surface area contributed by atoms with Crippen molar-refractivity contribution in [2.45, 2.75) is 39.0 Å². The lowest BCUT2D eigenvalue weighted by Crippen LogP contribution is -2.15. The van der Waals surface area contributed by atoms with Crippen molar-refractivity contribution >= 4 is 5.97 Å². The summed E-state index contributed by atoms with van der Waals surface area (Å²) in [7, 11) is 0. The molecule has 1 atom stereocenters. The van der Waals surface area contributed by atoms with Crippen molar-refractivity contribution in [1.82, 2.24) is 0 Å². The third-order valence-corrected chi connectivity index (χ3v) is 2.76. The zero-order valence-electron chi connectivity index (χ0n) is 11.4. The van der Waals surface area contributed by atoms with Gasteiger partial charge in [0, 0.05) is 0 Å². The average molecular weight is 245 g/mol. The summed E-state index contributed by atoms with van der Waals surface area (Å²) >= 11 is 0. The van der Waals surface area contributed by atoms with Gasteiger partial charge in [-0.15, -0.1) is 0 Å². The second kappa shape index (κ2) is 5.68. The minimum Gasteiger partial charge on any atom is -0.465 e. The van der Waals surface area contributed by atoms with Crippen LogP contribution in [0.4, 0.5) is 0 Å². The third-order valence-electron chi connectivity index (χ3n) is 2.76. The van der Waals surface area contributed by atoms with E-state index in [0.29, 0.717) is 5.56 Å². The Balaban J connectivity index is 2.97. The van der Waals surface area contributed by atoms with Crippen LogP contribution in [0.3, 0.4) is 0 Å². The van der Waals surface area contributed by atoms with Gasteiger partial charge in [0.05, 0.1) is 12.7 Å². The lowest BCUT2D eigenvalue weighted by molar-refractivity contribution is -0.143. The van der Waals surface area contributed by atoms with Gasteiger partial charge in [-0.3, -0.25) is 4.79 Å². The number of nitrogens with zero attached hydrogens (tertiary/aromatic N) is 1. The van der Waals surface area contributed by atoms with Gasteiger partial charge in [-0.05, 0) is 23.5 Å². The molecule has 0 fully saturated rings. The van der Waals surface area contributed by atoms with Crippen molar-refractivity contribution in [3.05, 3.63) is 35.4 Å². The highest BCUT2D eigenvalue weighted by Crippen LogP contribution is 2.24. The number of nitriles is 1. The van der Waals surface area contributed by atoms with E-state index in [1.165, 1.54) is 5.56 Å². The number of benzene rings is 1. The summed E-state index contributed by atoms with van der Waals surface area (Å²) in [5.41, 5.74) is 1.92. The van der Waals surface area contributed by atoms with Gasteiger partial charge in [0.2, 0.25) is 0 Å². The molecule has 18 heavy (non-hydrogen) atoms. The molecule has 1 aromatic carbocycles. The molecular formula is C15H19NO2. The molecule has 0 aliphatic heterocycles. The maximum Gasteiger partial charge on any atom is 0.327 e. The Kier molecular flexibility index (Phi) is 4.49. The molecule has 1 aromatic rings. The van der Waals surface area contributed by atoms with Crippen LogP contribution >= 0.6 is 0 Å². The molecule has 0 radical (unpaired) electrons. The predicted octanol–water partition coefficient (Wildman–Crippen LogP) is 3.15. The van der Waals surface area contributed by atoms with Gasteiger partial charge < -0.3 is 4.74 Å². The van der Waals surface area contributed by atoms with Crippen LogP contribution in [0, 0.1) is 11.3 Å². The van der Waals surface area contributed by atoms with Crippen molar-refractivity contribution in [3.63, 3.8) is 0 Å². The molecule has 0 amide bonds. The first-order valence-electron chi connectivity index (χ1n) is 6.07. The molecule has 0 aliphatic carbocycles. The smallest absolute Gasteiger partial charge is 0.327 e. The molecule has 3 heteroatoms. The second-order valence-corrected chi connectivity index (χ2v) is 5.19. The first kappa shape index (κ1) is 14.2. The molecule has 0 unspecified atom stereocenters. The number of carbonyl (C=O) groups is 1. The molecule has 0 heterocycles. The number of ether oxygens (including phenoxy) is 1. The van der Waals surface area contributed by atoms with Crippen LogP contribution in [0.25, 0.3) is 0 Å². The van der Waals surface area contributed by atoms with Crippen LogP contribution in [-0.4, -0.2) is 12.6 Å². The zero-order valence-corrected chi connectivity index (χ0v) is 11.4.